The Morgan fingerprint density at radius 2 is 1.75 bits per heavy atom. The van der Waals surface area contributed by atoms with Crippen molar-refractivity contribution in [2.45, 2.75) is 19.0 Å². The van der Waals surface area contributed by atoms with Crippen molar-refractivity contribution in [2.75, 3.05) is 5.75 Å². The Morgan fingerprint density at radius 1 is 1.04 bits per heavy atom. The number of rotatable bonds is 7. The average Bonchev–Trinajstić information content (AvgIpc) is 2.67. The number of ether oxygens (including phenoxy) is 1. The van der Waals surface area contributed by atoms with E-state index in [9.17, 15) is 4.79 Å². The maximum atomic E-state index is 12.0. The maximum Gasteiger partial charge on any atom is 0.250 e. The summed E-state index contributed by atoms with van der Waals surface area (Å²) in [5, 5.41) is 4.59. The molecule has 0 aliphatic rings. The number of amides is 1. The third kappa shape index (κ3) is 6.21. The second-order valence-electron chi connectivity index (χ2n) is 6.00. The third-order valence-corrected chi connectivity index (χ3v) is 4.38. The minimum atomic E-state index is -0.222. The molecule has 1 heterocycles. The van der Waals surface area contributed by atoms with E-state index in [4.69, 9.17) is 4.74 Å². The van der Waals surface area contributed by atoms with Crippen LogP contribution in [0.4, 0.5) is 0 Å². The van der Waals surface area contributed by atoms with Crippen molar-refractivity contribution in [3.05, 3.63) is 77.6 Å². The Morgan fingerprint density at radius 3 is 2.50 bits per heavy atom. The molecule has 142 valence electrons. The smallest absolute Gasteiger partial charge is 0.250 e. The van der Waals surface area contributed by atoms with Gasteiger partial charge in [-0.3, -0.25) is 4.79 Å². The number of benzene rings is 2. The summed E-state index contributed by atoms with van der Waals surface area (Å²) in [6.45, 7) is 3.80. The fourth-order valence-electron chi connectivity index (χ4n) is 2.38. The lowest BCUT2D eigenvalue weighted by molar-refractivity contribution is -0.118. The van der Waals surface area contributed by atoms with Crippen molar-refractivity contribution in [3.8, 4) is 11.5 Å². The molecule has 0 radical (unpaired) electrons. The highest BCUT2D eigenvalue weighted by atomic mass is 32.2. The second kappa shape index (κ2) is 9.66. The summed E-state index contributed by atoms with van der Waals surface area (Å²) in [4.78, 5) is 20.6. The van der Waals surface area contributed by atoms with Crippen LogP contribution in [0.1, 0.15) is 17.0 Å². The number of hydrazone groups is 1. The Kier molecular flexibility index (Phi) is 6.75. The minimum Gasteiger partial charge on any atom is -0.457 e. The lowest BCUT2D eigenvalue weighted by atomic mass is 10.2. The van der Waals surface area contributed by atoms with Gasteiger partial charge in [0, 0.05) is 11.4 Å². The number of carbonyl (C=O) groups excluding carboxylic acids is 1. The molecule has 1 aromatic heterocycles. The Bertz CT molecular complexity index is 957. The number of thioether (sulfide) groups is 1. The normalized spacial score (nSPS) is 10.8. The molecule has 3 aromatic rings. The molecule has 0 aliphatic carbocycles. The van der Waals surface area contributed by atoms with Gasteiger partial charge in [0.05, 0.1) is 12.0 Å². The number of nitrogens with one attached hydrogen (secondary N) is 1. The molecule has 2 aromatic carbocycles. The number of hydrogen-bond acceptors (Lipinski definition) is 6. The van der Waals surface area contributed by atoms with Crippen LogP contribution in [0.2, 0.25) is 0 Å². The number of aromatic nitrogens is 2. The Labute approximate surface area is 168 Å². The van der Waals surface area contributed by atoms with E-state index in [1.807, 2.05) is 74.5 Å². The first-order valence-corrected chi connectivity index (χ1v) is 9.67. The first-order valence-electron chi connectivity index (χ1n) is 8.68. The summed E-state index contributed by atoms with van der Waals surface area (Å²) in [5.74, 6) is 1.43. The summed E-state index contributed by atoms with van der Waals surface area (Å²) >= 11 is 1.28. The van der Waals surface area contributed by atoms with Crippen LogP contribution in [-0.4, -0.2) is 27.8 Å². The minimum absolute atomic E-state index is 0.192. The van der Waals surface area contributed by atoms with Crippen LogP contribution in [0.15, 0.2) is 70.9 Å². The number of para-hydroxylation sites is 1. The summed E-state index contributed by atoms with van der Waals surface area (Å²) in [7, 11) is 0. The van der Waals surface area contributed by atoms with Crippen molar-refractivity contribution >= 4 is 23.9 Å². The molecular formula is C21H20N4O2S. The second-order valence-corrected chi connectivity index (χ2v) is 6.95. The average molecular weight is 392 g/mol. The van der Waals surface area contributed by atoms with Crippen molar-refractivity contribution in [2.24, 2.45) is 5.10 Å². The van der Waals surface area contributed by atoms with Gasteiger partial charge in [-0.25, -0.2) is 15.4 Å². The SMILES string of the molecule is Cc1cc(C)nc(SCC(=O)N/N=C/c2cccc(Oc3ccccc3)c2)n1. The molecule has 1 N–H and O–H groups in total. The highest BCUT2D eigenvalue weighted by Gasteiger charge is 2.05. The predicted molar refractivity (Wildman–Crippen MR) is 111 cm³/mol. The molecule has 0 fully saturated rings. The zero-order valence-corrected chi connectivity index (χ0v) is 16.4. The number of nitrogens with zero attached hydrogens (tertiary/aromatic N) is 3. The van der Waals surface area contributed by atoms with E-state index >= 15 is 0 Å². The van der Waals surface area contributed by atoms with Crippen LogP contribution in [-0.2, 0) is 4.79 Å². The number of aryl methyl sites for hydroxylation is 2. The van der Waals surface area contributed by atoms with Gasteiger partial charge in [0.1, 0.15) is 11.5 Å². The first-order chi connectivity index (χ1) is 13.6. The van der Waals surface area contributed by atoms with Crippen LogP contribution in [0.5, 0.6) is 11.5 Å². The van der Waals surface area contributed by atoms with Crippen LogP contribution in [0.3, 0.4) is 0 Å². The summed E-state index contributed by atoms with van der Waals surface area (Å²) in [5.41, 5.74) is 5.09. The van der Waals surface area contributed by atoms with Crippen molar-refractivity contribution < 1.29 is 9.53 Å². The summed E-state index contributed by atoms with van der Waals surface area (Å²) < 4.78 is 5.79. The molecule has 28 heavy (non-hydrogen) atoms. The van der Waals surface area contributed by atoms with Crippen molar-refractivity contribution in [1.29, 1.82) is 0 Å². The zero-order chi connectivity index (χ0) is 19.8. The first kappa shape index (κ1) is 19.6. The quantitative estimate of drug-likeness (QED) is 0.283. The van der Waals surface area contributed by atoms with Gasteiger partial charge < -0.3 is 4.74 Å². The molecule has 0 saturated heterocycles. The van der Waals surface area contributed by atoms with Crippen LogP contribution >= 0.6 is 11.8 Å². The molecular weight excluding hydrogens is 372 g/mol. The highest BCUT2D eigenvalue weighted by molar-refractivity contribution is 7.99. The lowest BCUT2D eigenvalue weighted by Gasteiger charge is -2.05. The van der Waals surface area contributed by atoms with Crippen molar-refractivity contribution in [1.82, 2.24) is 15.4 Å². The monoisotopic (exact) mass is 392 g/mol. The Hall–Kier alpha value is -3.19. The molecule has 0 atom stereocenters. The number of hydrogen-bond donors (Lipinski definition) is 1. The van der Waals surface area contributed by atoms with Gasteiger partial charge in [-0.15, -0.1) is 0 Å². The standard InChI is InChI=1S/C21H20N4O2S/c1-15-11-16(2)24-21(23-15)28-14-20(26)25-22-13-17-7-6-10-19(12-17)27-18-8-4-3-5-9-18/h3-13H,14H2,1-2H3,(H,25,26)/b22-13+. The van der Waals surface area contributed by atoms with E-state index < -0.39 is 0 Å². The van der Waals surface area contributed by atoms with Crippen LogP contribution in [0.25, 0.3) is 0 Å². The largest absolute Gasteiger partial charge is 0.457 e. The zero-order valence-electron chi connectivity index (χ0n) is 15.6. The summed E-state index contributed by atoms with van der Waals surface area (Å²) in [6.07, 6.45) is 1.58. The molecule has 0 unspecified atom stereocenters. The van der Waals surface area contributed by atoms with E-state index in [2.05, 4.69) is 20.5 Å². The van der Waals surface area contributed by atoms with Gasteiger partial charge in [-0.2, -0.15) is 5.10 Å². The third-order valence-electron chi connectivity index (χ3n) is 3.53. The number of carbonyl (C=O) groups is 1. The Balaban J connectivity index is 1.51. The molecule has 3 rings (SSSR count). The fourth-order valence-corrected chi connectivity index (χ4v) is 3.12. The van der Waals surface area contributed by atoms with E-state index in [1.165, 1.54) is 11.8 Å². The molecule has 7 heteroatoms. The molecule has 1 amide bonds. The van der Waals surface area contributed by atoms with Gasteiger partial charge in [0.25, 0.3) is 5.91 Å². The molecule has 0 saturated carbocycles. The van der Waals surface area contributed by atoms with Gasteiger partial charge in [0.15, 0.2) is 5.16 Å². The van der Waals surface area contributed by atoms with E-state index in [0.717, 1.165) is 22.7 Å². The molecule has 6 nitrogen and oxygen atoms in total. The topological polar surface area (TPSA) is 76.5 Å². The fraction of sp³-hybridized carbons (Fsp3) is 0.143. The van der Waals surface area contributed by atoms with E-state index in [0.29, 0.717) is 10.9 Å². The van der Waals surface area contributed by atoms with E-state index in [-0.39, 0.29) is 11.7 Å². The predicted octanol–water partition coefficient (Wildman–Crippen LogP) is 4.13. The summed E-state index contributed by atoms with van der Waals surface area (Å²) in [6, 6.07) is 18.9. The molecule has 0 bridgehead atoms. The molecule has 0 aliphatic heterocycles. The van der Waals surface area contributed by atoms with Crippen LogP contribution in [0, 0.1) is 13.8 Å². The van der Waals surface area contributed by atoms with Gasteiger partial charge in [0.2, 0.25) is 0 Å². The van der Waals surface area contributed by atoms with Gasteiger partial charge in [-0.1, -0.05) is 42.1 Å². The van der Waals surface area contributed by atoms with E-state index in [1.54, 1.807) is 6.21 Å². The molecule has 0 spiro atoms. The van der Waals surface area contributed by atoms with Gasteiger partial charge >= 0.3 is 0 Å². The van der Waals surface area contributed by atoms with Crippen LogP contribution < -0.4 is 10.2 Å². The highest BCUT2D eigenvalue weighted by Crippen LogP contribution is 2.21. The maximum absolute atomic E-state index is 12.0. The lowest BCUT2D eigenvalue weighted by Crippen LogP contribution is -2.19. The van der Waals surface area contributed by atoms with Gasteiger partial charge in [-0.05, 0) is 49.7 Å². The van der Waals surface area contributed by atoms with Crippen molar-refractivity contribution in [3.63, 3.8) is 0 Å².